The van der Waals surface area contributed by atoms with Crippen LogP contribution in [0, 0.1) is 5.82 Å². The monoisotopic (exact) mass is 397 g/mol. The number of thioether (sulfide) groups is 1. The Kier molecular flexibility index (Phi) is 6.55. The van der Waals surface area contributed by atoms with E-state index >= 15 is 0 Å². The van der Waals surface area contributed by atoms with Crippen LogP contribution in [-0.2, 0) is 5.75 Å². The third-order valence-corrected chi connectivity index (χ3v) is 5.18. The number of amides is 1. The van der Waals surface area contributed by atoms with Crippen molar-refractivity contribution in [3.63, 3.8) is 0 Å². The fourth-order valence-corrected chi connectivity index (χ4v) is 3.56. The summed E-state index contributed by atoms with van der Waals surface area (Å²) >= 11 is 1.53. The first kappa shape index (κ1) is 19.8. The summed E-state index contributed by atoms with van der Waals surface area (Å²) in [6, 6.07) is 19.3. The number of benzene rings is 3. The minimum Gasteiger partial charge on any atom is -0.496 e. The van der Waals surface area contributed by atoms with Crippen LogP contribution in [0.5, 0.6) is 11.5 Å². The van der Waals surface area contributed by atoms with Gasteiger partial charge in [-0.3, -0.25) is 4.79 Å². The Labute approximate surface area is 167 Å². The molecule has 0 saturated carbocycles. The second-order valence-electron chi connectivity index (χ2n) is 5.90. The normalized spacial score (nSPS) is 10.4. The maximum Gasteiger partial charge on any atom is 0.263 e. The van der Waals surface area contributed by atoms with Crippen LogP contribution in [0.3, 0.4) is 0 Å². The van der Waals surface area contributed by atoms with Gasteiger partial charge in [0, 0.05) is 16.3 Å². The number of nitrogens with one attached hydrogen (secondary N) is 1. The van der Waals surface area contributed by atoms with Crippen LogP contribution in [0.1, 0.15) is 15.9 Å². The molecular weight excluding hydrogens is 377 g/mol. The molecule has 0 aliphatic carbocycles. The minimum absolute atomic E-state index is 0.204. The second-order valence-corrected chi connectivity index (χ2v) is 6.94. The van der Waals surface area contributed by atoms with Gasteiger partial charge in [0.2, 0.25) is 0 Å². The molecule has 0 unspecified atom stereocenters. The molecule has 3 aromatic carbocycles. The lowest BCUT2D eigenvalue weighted by atomic mass is 10.1. The summed E-state index contributed by atoms with van der Waals surface area (Å²) in [4.78, 5) is 13.7. The van der Waals surface area contributed by atoms with Crippen molar-refractivity contribution in [1.29, 1.82) is 0 Å². The van der Waals surface area contributed by atoms with E-state index in [1.54, 1.807) is 30.3 Å². The Morgan fingerprint density at radius 2 is 1.57 bits per heavy atom. The molecule has 0 saturated heterocycles. The zero-order valence-corrected chi connectivity index (χ0v) is 16.4. The summed E-state index contributed by atoms with van der Waals surface area (Å²) < 4.78 is 24.3. The molecule has 4 nitrogen and oxygen atoms in total. The van der Waals surface area contributed by atoms with Crippen molar-refractivity contribution in [3.8, 4) is 11.5 Å². The molecule has 3 aromatic rings. The number of carbonyl (C=O) groups is 1. The van der Waals surface area contributed by atoms with Crippen LogP contribution in [0.15, 0.2) is 71.6 Å². The second kappa shape index (κ2) is 9.28. The number of methoxy groups -OCH3 is 2. The molecule has 0 atom stereocenters. The number of halogens is 1. The van der Waals surface area contributed by atoms with E-state index in [4.69, 9.17) is 9.47 Å². The predicted molar refractivity (Wildman–Crippen MR) is 110 cm³/mol. The molecule has 0 fully saturated rings. The van der Waals surface area contributed by atoms with Crippen molar-refractivity contribution in [2.45, 2.75) is 10.6 Å². The maximum atomic E-state index is 13.7. The lowest BCUT2D eigenvalue weighted by Gasteiger charge is -2.13. The molecule has 3 rings (SSSR count). The minimum atomic E-state index is -0.318. The van der Waals surface area contributed by atoms with Gasteiger partial charge < -0.3 is 14.8 Å². The number of hydrogen-bond acceptors (Lipinski definition) is 4. The van der Waals surface area contributed by atoms with E-state index in [1.807, 2.05) is 30.3 Å². The van der Waals surface area contributed by atoms with E-state index < -0.39 is 0 Å². The summed E-state index contributed by atoms with van der Waals surface area (Å²) in [5, 5.41) is 2.85. The summed E-state index contributed by atoms with van der Waals surface area (Å²) in [5.74, 6) is 0.894. The van der Waals surface area contributed by atoms with E-state index in [1.165, 1.54) is 32.0 Å². The van der Waals surface area contributed by atoms with Gasteiger partial charge in [0.25, 0.3) is 5.91 Å². The zero-order valence-electron chi connectivity index (χ0n) is 15.6. The third-order valence-electron chi connectivity index (χ3n) is 4.12. The highest BCUT2D eigenvalue weighted by atomic mass is 32.2. The molecule has 0 heterocycles. The van der Waals surface area contributed by atoms with E-state index in [9.17, 15) is 9.18 Å². The summed E-state index contributed by atoms with van der Waals surface area (Å²) in [5.41, 5.74) is 1.65. The van der Waals surface area contributed by atoms with E-state index in [0.717, 1.165) is 4.90 Å². The molecular formula is C22H20FNO3S. The van der Waals surface area contributed by atoms with Crippen molar-refractivity contribution >= 4 is 23.4 Å². The van der Waals surface area contributed by atoms with Gasteiger partial charge in [-0.05, 0) is 48.0 Å². The highest BCUT2D eigenvalue weighted by Gasteiger charge is 2.18. The first-order chi connectivity index (χ1) is 13.6. The summed E-state index contributed by atoms with van der Waals surface area (Å²) in [6.45, 7) is 0. The Bertz CT molecular complexity index is 938. The SMILES string of the molecule is COc1cccc(OC)c1C(=O)Nc1ccc(SCc2ccccc2F)cc1. The van der Waals surface area contributed by atoms with Crippen molar-refractivity contribution in [3.05, 3.63) is 83.7 Å². The number of hydrogen-bond donors (Lipinski definition) is 1. The molecule has 144 valence electrons. The fraction of sp³-hybridized carbons (Fsp3) is 0.136. The Morgan fingerprint density at radius 3 is 2.18 bits per heavy atom. The van der Waals surface area contributed by atoms with E-state index in [-0.39, 0.29) is 11.7 Å². The van der Waals surface area contributed by atoms with Crippen LogP contribution in [0.4, 0.5) is 10.1 Å². The highest BCUT2D eigenvalue weighted by Crippen LogP contribution is 2.30. The van der Waals surface area contributed by atoms with Gasteiger partial charge in [0.15, 0.2) is 0 Å². The Morgan fingerprint density at radius 1 is 0.929 bits per heavy atom. The predicted octanol–water partition coefficient (Wildman–Crippen LogP) is 5.39. The van der Waals surface area contributed by atoms with Gasteiger partial charge in [0.1, 0.15) is 22.9 Å². The molecule has 0 radical (unpaired) electrons. The van der Waals surface area contributed by atoms with Crippen LogP contribution in [0.25, 0.3) is 0 Å². The van der Waals surface area contributed by atoms with Gasteiger partial charge in [-0.25, -0.2) is 4.39 Å². The fourth-order valence-electron chi connectivity index (χ4n) is 2.68. The average molecular weight is 397 g/mol. The van der Waals surface area contributed by atoms with Crippen molar-refractivity contribution in [1.82, 2.24) is 0 Å². The van der Waals surface area contributed by atoms with Gasteiger partial charge in [0.05, 0.1) is 14.2 Å². The van der Waals surface area contributed by atoms with Crippen molar-refractivity contribution in [2.24, 2.45) is 0 Å². The van der Waals surface area contributed by atoms with E-state index in [0.29, 0.717) is 34.1 Å². The number of ether oxygens (including phenoxy) is 2. The zero-order chi connectivity index (χ0) is 19.9. The molecule has 6 heteroatoms. The van der Waals surface area contributed by atoms with Crippen molar-refractivity contribution in [2.75, 3.05) is 19.5 Å². The first-order valence-electron chi connectivity index (χ1n) is 8.61. The number of anilines is 1. The molecule has 0 aromatic heterocycles. The smallest absolute Gasteiger partial charge is 0.263 e. The standard InChI is InChI=1S/C22H20FNO3S/c1-26-19-8-5-9-20(27-2)21(19)22(25)24-16-10-12-17(13-11-16)28-14-15-6-3-4-7-18(15)23/h3-13H,14H2,1-2H3,(H,24,25). The van der Waals surface area contributed by atoms with Gasteiger partial charge in [-0.15, -0.1) is 11.8 Å². The Balaban J connectivity index is 1.68. The quantitative estimate of drug-likeness (QED) is 0.543. The van der Waals surface area contributed by atoms with Crippen LogP contribution in [0.2, 0.25) is 0 Å². The highest BCUT2D eigenvalue weighted by molar-refractivity contribution is 7.98. The first-order valence-corrected chi connectivity index (χ1v) is 9.59. The maximum absolute atomic E-state index is 13.7. The summed E-state index contributed by atoms with van der Waals surface area (Å²) in [6.07, 6.45) is 0. The van der Waals surface area contributed by atoms with Crippen LogP contribution < -0.4 is 14.8 Å². The summed E-state index contributed by atoms with van der Waals surface area (Å²) in [7, 11) is 3.01. The topological polar surface area (TPSA) is 47.6 Å². The van der Waals surface area contributed by atoms with Gasteiger partial charge in [-0.1, -0.05) is 24.3 Å². The molecule has 0 aliphatic rings. The lowest BCUT2D eigenvalue weighted by Crippen LogP contribution is -2.14. The molecule has 0 aliphatic heterocycles. The molecule has 28 heavy (non-hydrogen) atoms. The molecule has 0 bridgehead atoms. The molecule has 1 amide bonds. The third kappa shape index (κ3) is 4.64. The van der Waals surface area contributed by atoms with Crippen LogP contribution >= 0.6 is 11.8 Å². The number of carbonyl (C=O) groups excluding carboxylic acids is 1. The van der Waals surface area contributed by atoms with E-state index in [2.05, 4.69) is 5.32 Å². The van der Waals surface area contributed by atoms with Crippen LogP contribution in [-0.4, -0.2) is 20.1 Å². The van der Waals surface area contributed by atoms with Gasteiger partial charge >= 0.3 is 0 Å². The average Bonchev–Trinajstić information content (AvgIpc) is 2.73. The molecule has 1 N–H and O–H groups in total. The Hall–Kier alpha value is -2.99. The largest absolute Gasteiger partial charge is 0.496 e. The molecule has 0 spiro atoms. The number of rotatable bonds is 7. The van der Waals surface area contributed by atoms with Gasteiger partial charge in [-0.2, -0.15) is 0 Å². The lowest BCUT2D eigenvalue weighted by molar-refractivity contribution is 0.102. The van der Waals surface area contributed by atoms with Crippen molar-refractivity contribution < 1.29 is 18.7 Å².